The van der Waals surface area contributed by atoms with E-state index in [4.69, 9.17) is 0 Å². The molecule has 7 heteroatoms. The van der Waals surface area contributed by atoms with E-state index in [0.29, 0.717) is 0 Å². The summed E-state index contributed by atoms with van der Waals surface area (Å²) in [6.45, 7) is 2.67. The number of amides is 1. The van der Waals surface area contributed by atoms with Crippen molar-refractivity contribution in [2.45, 2.75) is 0 Å². The van der Waals surface area contributed by atoms with Gasteiger partial charge >= 0.3 is 10.3 Å². The molecule has 0 radical (unpaired) electrons. The third kappa shape index (κ3) is 5.83. The van der Waals surface area contributed by atoms with Crippen molar-refractivity contribution in [3.05, 3.63) is 12.7 Å². The summed E-state index contributed by atoms with van der Waals surface area (Å²) in [6, 6.07) is 0. The van der Waals surface area contributed by atoms with Crippen LogP contribution >= 0.6 is 0 Å². The van der Waals surface area contributed by atoms with Gasteiger partial charge in [-0.3, -0.25) is 4.79 Å². The molecule has 0 aromatic heterocycles. The lowest BCUT2D eigenvalue weighted by Crippen LogP contribution is -2.29. The number of primary amides is 1. The molecule has 0 fully saturated rings. The second kappa shape index (κ2) is 4.86. The van der Waals surface area contributed by atoms with Gasteiger partial charge in [0.25, 0.3) is 0 Å². The van der Waals surface area contributed by atoms with E-state index >= 15 is 0 Å². The van der Waals surface area contributed by atoms with E-state index in [9.17, 15) is 13.2 Å². The Morgan fingerprint density at radius 1 is 1.67 bits per heavy atom. The van der Waals surface area contributed by atoms with Gasteiger partial charge in [0.2, 0.25) is 5.91 Å². The fourth-order valence-electron chi connectivity index (χ4n) is 0.338. The number of nitrogens with two attached hydrogens (primary N) is 1. The summed E-state index contributed by atoms with van der Waals surface area (Å²) in [5.74, 6) is -0.848. The maximum absolute atomic E-state index is 10.7. The highest BCUT2D eigenvalue weighted by molar-refractivity contribution is 7.84. The molecule has 70 valence electrons. The van der Waals surface area contributed by atoms with Gasteiger partial charge in [0.15, 0.2) is 0 Å². The van der Waals surface area contributed by atoms with E-state index < -0.39 is 22.8 Å². The summed E-state index contributed by atoms with van der Waals surface area (Å²) >= 11 is 0. The summed E-state index contributed by atoms with van der Waals surface area (Å²) in [5.41, 5.74) is 4.65. The van der Waals surface area contributed by atoms with Crippen LogP contribution in [-0.2, 0) is 19.3 Å². The third-order valence-corrected chi connectivity index (χ3v) is 1.71. The van der Waals surface area contributed by atoms with Crippen molar-refractivity contribution in [1.29, 1.82) is 0 Å². The molecule has 6 nitrogen and oxygen atoms in total. The van der Waals surface area contributed by atoms with Crippen LogP contribution in [0.1, 0.15) is 0 Å². The van der Waals surface area contributed by atoms with E-state index in [1.165, 1.54) is 6.08 Å². The van der Waals surface area contributed by atoms with Crippen LogP contribution in [0.5, 0.6) is 0 Å². The Labute approximate surface area is 70.6 Å². The van der Waals surface area contributed by atoms with Gasteiger partial charge < -0.3 is 5.73 Å². The minimum Gasteiger partial charge on any atom is -0.368 e. The highest BCUT2D eigenvalue weighted by Gasteiger charge is 2.09. The number of carbonyl (C=O) groups is 1. The molecule has 0 bridgehead atoms. The summed E-state index contributed by atoms with van der Waals surface area (Å²) in [4.78, 5) is 10.1. The van der Waals surface area contributed by atoms with Crippen LogP contribution < -0.4 is 10.5 Å². The minimum atomic E-state index is -3.86. The molecule has 0 aliphatic rings. The van der Waals surface area contributed by atoms with Crippen LogP contribution in [0, 0.1) is 0 Å². The van der Waals surface area contributed by atoms with E-state index in [0.717, 1.165) is 0 Å². The number of hydrogen-bond donors (Lipinski definition) is 2. The standard InChI is InChI=1S/C5H10N2O4S/c1-2-3-7-12(9,10)11-4-5(6)8/h2,7H,1,3-4H2,(H2,6,8). The highest BCUT2D eigenvalue weighted by atomic mass is 32.2. The lowest BCUT2D eigenvalue weighted by atomic mass is 10.7. The topological polar surface area (TPSA) is 98.5 Å². The van der Waals surface area contributed by atoms with E-state index in [1.54, 1.807) is 0 Å². The van der Waals surface area contributed by atoms with Crippen LogP contribution in [0.2, 0.25) is 0 Å². The predicted octanol–water partition coefficient (Wildman–Crippen LogP) is -1.49. The molecule has 0 aromatic rings. The molecule has 3 N–H and O–H groups in total. The van der Waals surface area contributed by atoms with Gasteiger partial charge in [-0.05, 0) is 0 Å². The van der Waals surface area contributed by atoms with E-state index in [2.05, 4.69) is 16.5 Å². The van der Waals surface area contributed by atoms with Crippen LogP contribution in [-0.4, -0.2) is 27.5 Å². The van der Waals surface area contributed by atoms with Gasteiger partial charge in [-0.25, -0.2) is 4.18 Å². The van der Waals surface area contributed by atoms with Gasteiger partial charge in [0, 0.05) is 6.54 Å². The fourth-order valence-corrected chi connectivity index (χ4v) is 1.01. The molecule has 0 saturated heterocycles. The summed E-state index contributed by atoms with van der Waals surface area (Å²) < 4.78 is 27.5. The third-order valence-electron chi connectivity index (χ3n) is 0.761. The molecular weight excluding hydrogens is 184 g/mol. The second-order valence-corrected chi connectivity index (χ2v) is 3.25. The highest BCUT2D eigenvalue weighted by Crippen LogP contribution is 1.85. The Kier molecular flexibility index (Phi) is 4.49. The number of nitrogens with one attached hydrogen (secondary N) is 1. The van der Waals surface area contributed by atoms with Crippen molar-refractivity contribution in [3.63, 3.8) is 0 Å². The maximum Gasteiger partial charge on any atom is 0.336 e. The second-order valence-electron chi connectivity index (χ2n) is 1.82. The Morgan fingerprint density at radius 3 is 2.67 bits per heavy atom. The van der Waals surface area contributed by atoms with Crippen LogP contribution in [0.25, 0.3) is 0 Å². The zero-order chi connectivity index (χ0) is 9.61. The van der Waals surface area contributed by atoms with Gasteiger partial charge in [0.1, 0.15) is 6.61 Å². The molecule has 0 heterocycles. The van der Waals surface area contributed by atoms with Crippen LogP contribution in [0.4, 0.5) is 0 Å². The molecule has 0 aliphatic heterocycles. The van der Waals surface area contributed by atoms with Crippen molar-refractivity contribution in [2.24, 2.45) is 5.73 Å². The normalized spacial score (nSPS) is 11.0. The lowest BCUT2D eigenvalue weighted by molar-refractivity contribution is -0.119. The molecule has 0 aliphatic carbocycles. The van der Waals surface area contributed by atoms with E-state index in [-0.39, 0.29) is 6.54 Å². The zero-order valence-electron chi connectivity index (χ0n) is 6.32. The molecule has 1 amide bonds. The smallest absolute Gasteiger partial charge is 0.336 e. The SMILES string of the molecule is C=CCNS(=O)(=O)OCC(N)=O. The first-order valence-electron chi connectivity index (χ1n) is 3.01. The van der Waals surface area contributed by atoms with E-state index in [1.807, 2.05) is 4.72 Å². The van der Waals surface area contributed by atoms with Crippen molar-refractivity contribution >= 4 is 16.2 Å². The van der Waals surface area contributed by atoms with Crippen molar-refractivity contribution in [2.75, 3.05) is 13.2 Å². The lowest BCUT2D eigenvalue weighted by Gasteiger charge is -2.02. The Hall–Kier alpha value is -0.920. The summed E-state index contributed by atoms with van der Waals surface area (Å²) in [7, 11) is -3.86. The summed E-state index contributed by atoms with van der Waals surface area (Å²) in [6.07, 6.45) is 1.34. The van der Waals surface area contributed by atoms with Gasteiger partial charge in [-0.2, -0.15) is 13.1 Å². The molecule has 0 unspecified atom stereocenters. The van der Waals surface area contributed by atoms with Crippen molar-refractivity contribution in [1.82, 2.24) is 4.72 Å². The Balaban J connectivity index is 3.88. The fraction of sp³-hybridized carbons (Fsp3) is 0.400. The van der Waals surface area contributed by atoms with Gasteiger partial charge in [-0.1, -0.05) is 6.08 Å². The average Bonchev–Trinajstić information content (AvgIpc) is 1.98. The molecule has 12 heavy (non-hydrogen) atoms. The number of carbonyl (C=O) groups excluding carboxylic acids is 1. The maximum atomic E-state index is 10.7. The van der Waals surface area contributed by atoms with Crippen LogP contribution in [0.3, 0.4) is 0 Å². The molecule has 0 rings (SSSR count). The first kappa shape index (κ1) is 11.1. The molecular formula is C5H10N2O4S. The predicted molar refractivity (Wildman–Crippen MR) is 42.3 cm³/mol. The Morgan fingerprint density at radius 2 is 2.25 bits per heavy atom. The quantitative estimate of drug-likeness (QED) is 0.503. The average molecular weight is 194 g/mol. The largest absolute Gasteiger partial charge is 0.368 e. The zero-order valence-corrected chi connectivity index (χ0v) is 7.13. The Bertz CT molecular complexity index is 259. The monoisotopic (exact) mass is 194 g/mol. The molecule has 0 spiro atoms. The minimum absolute atomic E-state index is 0.0428. The van der Waals surface area contributed by atoms with Gasteiger partial charge in [0.05, 0.1) is 0 Å². The van der Waals surface area contributed by atoms with Crippen LogP contribution in [0.15, 0.2) is 12.7 Å². The molecule has 0 aromatic carbocycles. The number of hydrogen-bond acceptors (Lipinski definition) is 4. The molecule has 0 atom stereocenters. The first-order chi connectivity index (χ1) is 5.48. The number of rotatable bonds is 6. The van der Waals surface area contributed by atoms with Crippen molar-refractivity contribution in [3.8, 4) is 0 Å². The summed E-state index contributed by atoms with van der Waals surface area (Å²) in [5, 5.41) is 0. The van der Waals surface area contributed by atoms with Gasteiger partial charge in [-0.15, -0.1) is 6.58 Å². The molecule has 0 saturated carbocycles. The van der Waals surface area contributed by atoms with Crippen molar-refractivity contribution < 1.29 is 17.4 Å². The first-order valence-corrected chi connectivity index (χ1v) is 4.42.